The van der Waals surface area contributed by atoms with Crippen LogP contribution >= 0.6 is 0 Å². The van der Waals surface area contributed by atoms with Gasteiger partial charge < -0.3 is 20.3 Å². The SMILES string of the molecule is CCNC(=NCC(C)N1CCOCC1)NCCN1CCN(C(=O)C2CCC2)CC1. The summed E-state index contributed by atoms with van der Waals surface area (Å²) in [5, 5.41) is 6.82. The molecule has 8 nitrogen and oxygen atoms in total. The van der Waals surface area contributed by atoms with E-state index in [1.54, 1.807) is 0 Å². The molecule has 0 radical (unpaired) electrons. The van der Waals surface area contributed by atoms with Crippen LogP contribution in [-0.4, -0.2) is 111 Å². The molecule has 2 heterocycles. The Kier molecular flexibility index (Phi) is 9.01. The highest BCUT2D eigenvalue weighted by Gasteiger charge is 2.31. The summed E-state index contributed by atoms with van der Waals surface area (Å²) in [4.78, 5) is 24.1. The summed E-state index contributed by atoms with van der Waals surface area (Å²) < 4.78 is 5.44. The molecule has 0 aromatic heterocycles. The zero-order valence-corrected chi connectivity index (χ0v) is 18.4. The fourth-order valence-electron chi connectivity index (χ4n) is 4.14. The molecule has 0 aromatic rings. The number of nitrogens with zero attached hydrogens (tertiary/aromatic N) is 4. The van der Waals surface area contributed by atoms with Crippen molar-refractivity contribution in [2.75, 3.05) is 78.7 Å². The minimum absolute atomic E-state index is 0.321. The molecule has 2 aliphatic heterocycles. The standard InChI is InChI=1S/C21H40N6O2/c1-3-22-21(24-17-18(2)26-13-15-29-16-14-26)23-7-8-25-9-11-27(12-10-25)20(28)19-5-4-6-19/h18-19H,3-17H2,1-2H3,(H2,22,23,24). The predicted molar refractivity (Wildman–Crippen MR) is 116 cm³/mol. The van der Waals surface area contributed by atoms with Gasteiger partial charge in [0.15, 0.2) is 5.96 Å². The van der Waals surface area contributed by atoms with Crippen molar-refractivity contribution in [3.63, 3.8) is 0 Å². The minimum atomic E-state index is 0.321. The van der Waals surface area contributed by atoms with E-state index in [0.717, 1.165) is 97.5 Å². The van der Waals surface area contributed by atoms with Gasteiger partial charge in [-0.2, -0.15) is 0 Å². The van der Waals surface area contributed by atoms with Crippen LogP contribution in [-0.2, 0) is 9.53 Å². The summed E-state index contributed by atoms with van der Waals surface area (Å²) in [6.45, 7) is 15.2. The Morgan fingerprint density at radius 3 is 2.45 bits per heavy atom. The van der Waals surface area contributed by atoms with Crippen molar-refractivity contribution in [2.45, 2.75) is 39.2 Å². The molecule has 0 spiro atoms. The number of ether oxygens (including phenoxy) is 1. The average Bonchev–Trinajstić information content (AvgIpc) is 2.71. The maximum absolute atomic E-state index is 12.4. The number of carbonyl (C=O) groups is 1. The summed E-state index contributed by atoms with van der Waals surface area (Å²) in [7, 11) is 0. The molecule has 8 heteroatoms. The van der Waals surface area contributed by atoms with Gasteiger partial charge in [-0.25, -0.2) is 0 Å². The Labute approximate surface area is 176 Å². The minimum Gasteiger partial charge on any atom is -0.379 e. The van der Waals surface area contributed by atoms with Gasteiger partial charge in [-0.3, -0.25) is 19.6 Å². The Bertz CT molecular complexity index is 525. The van der Waals surface area contributed by atoms with E-state index in [2.05, 4.69) is 39.2 Å². The second kappa shape index (κ2) is 11.7. The largest absolute Gasteiger partial charge is 0.379 e. The number of guanidine groups is 1. The lowest BCUT2D eigenvalue weighted by molar-refractivity contribution is -0.139. The van der Waals surface area contributed by atoms with E-state index < -0.39 is 0 Å². The number of carbonyl (C=O) groups excluding carboxylic acids is 1. The van der Waals surface area contributed by atoms with Crippen LogP contribution in [0.3, 0.4) is 0 Å². The number of hydrogen-bond donors (Lipinski definition) is 2. The lowest BCUT2D eigenvalue weighted by Crippen LogP contribution is -2.52. The molecule has 0 aromatic carbocycles. The number of piperazine rings is 1. The van der Waals surface area contributed by atoms with E-state index in [0.29, 0.717) is 17.9 Å². The van der Waals surface area contributed by atoms with E-state index >= 15 is 0 Å². The highest BCUT2D eigenvalue weighted by molar-refractivity contribution is 5.80. The molecule has 1 amide bonds. The predicted octanol–water partition coefficient (Wildman–Crippen LogP) is 0.207. The third-order valence-corrected chi connectivity index (χ3v) is 6.39. The number of aliphatic imine (C=N–C) groups is 1. The van der Waals surface area contributed by atoms with E-state index in [9.17, 15) is 4.79 Å². The van der Waals surface area contributed by atoms with Gasteiger partial charge >= 0.3 is 0 Å². The van der Waals surface area contributed by atoms with E-state index in [1.807, 2.05) is 0 Å². The molecule has 1 unspecified atom stereocenters. The van der Waals surface area contributed by atoms with Crippen molar-refractivity contribution >= 4 is 11.9 Å². The van der Waals surface area contributed by atoms with E-state index in [1.165, 1.54) is 6.42 Å². The van der Waals surface area contributed by atoms with Crippen molar-refractivity contribution < 1.29 is 9.53 Å². The second-order valence-corrected chi connectivity index (χ2v) is 8.44. The lowest BCUT2D eigenvalue weighted by Gasteiger charge is -2.38. The van der Waals surface area contributed by atoms with Crippen LogP contribution in [0, 0.1) is 5.92 Å². The van der Waals surface area contributed by atoms with Gasteiger partial charge in [-0.15, -0.1) is 0 Å². The quantitative estimate of drug-likeness (QED) is 0.442. The fourth-order valence-corrected chi connectivity index (χ4v) is 4.14. The molecule has 3 rings (SSSR count). The fraction of sp³-hybridized carbons (Fsp3) is 0.905. The molecular weight excluding hydrogens is 368 g/mol. The average molecular weight is 409 g/mol. The van der Waals surface area contributed by atoms with Crippen LogP contribution in [0.2, 0.25) is 0 Å². The number of hydrogen-bond acceptors (Lipinski definition) is 5. The highest BCUT2D eigenvalue weighted by Crippen LogP contribution is 2.28. The molecule has 0 bridgehead atoms. The van der Waals surface area contributed by atoms with Crippen molar-refractivity contribution in [3.05, 3.63) is 0 Å². The number of morpholine rings is 1. The number of nitrogens with one attached hydrogen (secondary N) is 2. The first-order chi connectivity index (χ1) is 14.2. The van der Waals surface area contributed by atoms with Gasteiger partial charge in [0.25, 0.3) is 0 Å². The second-order valence-electron chi connectivity index (χ2n) is 8.44. The van der Waals surface area contributed by atoms with E-state index in [4.69, 9.17) is 9.73 Å². The van der Waals surface area contributed by atoms with Crippen LogP contribution in [0.25, 0.3) is 0 Å². The topological polar surface area (TPSA) is 72.4 Å². The Morgan fingerprint density at radius 2 is 1.83 bits per heavy atom. The summed E-state index contributed by atoms with van der Waals surface area (Å²) >= 11 is 0. The van der Waals surface area contributed by atoms with Gasteiger partial charge in [0, 0.05) is 70.9 Å². The molecule has 29 heavy (non-hydrogen) atoms. The van der Waals surface area contributed by atoms with Crippen LogP contribution < -0.4 is 10.6 Å². The van der Waals surface area contributed by atoms with Crippen molar-refractivity contribution in [1.82, 2.24) is 25.3 Å². The molecule has 166 valence electrons. The summed E-state index contributed by atoms with van der Waals surface area (Å²) in [5.41, 5.74) is 0. The lowest BCUT2D eigenvalue weighted by atomic mass is 9.84. The zero-order chi connectivity index (χ0) is 20.5. The maximum Gasteiger partial charge on any atom is 0.225 e. The van der Waals surface area contributed by atoms with Crippen LogP contribution in [0.15, 0.2) is 4.99 Å². The van der Waals surface area contributed by atoms with E-state index in [-0.39, 0.29) is 0 Å². The Balaban J connectivity index is 1.34. The molecule has 1 atom stereocenters. The van der Waals surface area contributed by atoms with Gasteiger partial charge in [0.05, 0.1) is 19.8 Å². The van der Waals surface area contributed by atoms with Gasteiger partial charge in [-0.05, 0) is 26.7 Å². The Hall–Kier alpha value is -1.38. The monoisotopic (exact) mass is 408 g/mol. The summed E-state index contributed by atoms with van der Waals surface area (Å²) in [5.74, 6) is 1.61. The van der Waals surface area contributed by atoms with Crippen molar-refractivity contribution in [2.24, 2.45) is 10.9 Å². The number of amides is 1. The molecule has 1 aliphatic carbocycles. The first-order valence-corrected chi connectivity index (χ1v) is 11.5. The van der Waals surface area contributed by atoms with Gasteiger partial charge in [-0.1, -0.05) is 6.42 Å². The summed E-state index contributed by atoms with van der Waals surface area (Å²) in [6.07, 6.45) is 3.42. The molecule has 2 N–H and O–H groups in total. The van der Waals surface area contributed by atoms with Crippen molar-refractivity contribution in [3.8, 4) is 0 Å². The molecule has 1 saturated carbocycles. The first kappa shape index (κ1) is 22.3. The van der Waals surface area contributed by atoms with Crippen LogP contribution in [0.5, 0.6) is 0 Å². The first-order valence-electron chi connectivity index (χ1n) is 11.5. The molecule has 2 saturated heterocycles. The van der Waals surface area contributed by atoms with Gasteiger partial charge in [0.1, 0.15) is 0 Å². The van der Waals surface area contributed by atoms with Crippen LogP contribution in [0.1, 0.15) is 33.1 Å². The third-order valence-electron chi connectivity index (χ3n) is 6.39. The maximum atomic E-state index is 12.4. The smallest absolute Gasteiger partial charge is 0.225 e. The normalized spacial score (nSPS) is 23.5. The molecule has 3 aliphatic rings. The van der Waals surface area contributed by atoms with Crippen LogP contribution in [0.4, 0.5) is 0 Å². The molecule has 3 fully saturated rings. The van der Waals surface area contributed by atoms with Crippen molar-refractivity contribution in [1.29, 1.82) is 0 Å². The van der Waals surface area contributed by atoms with Gasteiger partial charge in [0.2, 0.25) is 5.91 Å². The highest BCUT2D eigenvalue weighted by atomic mass is 16.5. The third kappa shape index (κ3) is 6.83. The molecular formula is C21H40N6O2. The Morgan fingerprint density at radius 1 is 1.10 bits per heavy atom. The summed E-state index contributed by atoms with van der Waals surface area (Å²) in [6, 6.07) is 0.427. The zero-order valence-electron chi connectivity index (χ0n) is 18.4. The number of rotatable bonds is 8.